The Bertz CT molecular complexity index is 1040. The maximum atomic E-state index is 11.1. The Morgan fingerprint density at radius 3 is 2.73 bits per heavy atom. The van der Waals surface area contributed by atoms with Gasteiger partial charge in [-0.3, -0.25) is 24.3 Å². The number of aromatic nitrogens is 3. The number of hydrogen-bond donors (Lipinski definition) is 2. The maximum Gasteiger partial charge on any atom is 0.287 e. The summed E-state index contributed by atoms with van der Waals surface area (Å²) >= 11 is -0.447. The number of H-pyrrole nitrogens is 1. The minimum Gasteiger partial charge on any atom is -0.378 e. The summed E-state index contributed by atoms with van der Waals surface area (Å²) in [5.74, 6) is 1.88. The van der Waals surface area contributed by atoms with E-state index in [2.05, 4.69) is 49.5 Å². The summed E-state index contributed by atoms with van der Waals surface area (Å²) in [6, 6.07) is 10.5. The van der Waals surface area contributed by atoms with Gasteiger partial charge in [-0.15, -0.1) is 0 Å². The first-order chi connectivity index (χ1) is 14.7. The van der Waals surface area contributed by atoms with Crippen molar-refractivity contribution in [1.82, 2.24) is 14.2 Å². The van der Waals surface area contributed by atoms with Gasteiger partial charge in [-0.2, -0.15) is 11.1 Å². The van der Waals surface area contributed by atoms with Crippen LogP contribution in [0.4, 0.5) is 11.4 Å². The molecule has 1 N–H and O–H groups in total. The number of ether oxygens (including phenoxy) is 1. The number of aryl methyl sites for hydroxylation is 1. The van der Waals surface area contributed by atoms with Gasteiger partial charge in [-0.25, -0.2) is 0 Å². The van der Waals surface area contributed by atoms with Crippen LogP contribution in [0.3, 0.4) is 0 Å². The first kappa shape index (κ1) is 19.2. The molecule has 2 aliphatic heterocycles. The zero-order valence-electron chi connectivity index (χ0n) is 16.7. The number of pyridine rings is 1. The van der Waals surface area contributed by atoms with Crippen molar-refractivity contribution < 1.29 is 9.66 Å². The highest BCUT2D eigenvalue weighted by Gasteiger charge is 2.23. The second kappa shape index (κ2) is 8.16. The molecule has 158 valence electrons. The lowest BCUT2D eigenvalue weighted by atomic mass is 10.1. The van der Waals surface area contributed by atoms with Crippen LogP contribution < -0.4 is 4.90 Å². The highest BCUT2D eigenvalue weighted by atomic mass is 32.2. The van der Waals surface area contributed by atoms with Gasteiger partial charge >= 0.3 is 0 Å². The predicted molar refractivity (Wildman–Crippen MR) is 119 cm³/mol. The van der Waals surface area contributed by atoms with Crippen LogP contribution in [0.25, 0.3) is 0 Å². The number of rotatable bonds is 5. The van der Waals surface area contributed by atoms with Gasteiger partial charge in [0.2, 0.25) is 0 Å². The Labute approximate surface area is 177 Å². The van der Waals surface area contributed by atoms with Crippen LogP contribution in [-0.4, -0.2) is 51.1 Å². The number of nitro groups is 1. The largest absolute Gasteiger partial charge is 0.378 e. The topological polar surface area (TPSA) is 89.2 Å². The fraction of sp³-hybridized carbons (Fsp3) is 0.381. The number of benzene rings is 1. The first-order valence-corrected chi connectivity index (χ1v) is 11.9. The van der Waals surface area contributed by atoms with E-state index in [-0.39, 0.29) is 10.6 Å². The smallest absolute Gasteiger partial charge is 0.287 e. The third-order valence-corrected chi connectivity index (χ3v) is 8.21. The molecule has 1 atom stereocenters. The SMILES string of the molecule is O=[N+]([O-])c1cnc2c(c1)C[SH](n1[nH]cc1Cc1ccc(N3CCOCC3)cc1)CC2. The van der Waals surface area contributed by atoms with Crippen LogP contribution >= 0.6 is 11.1 Å². The van der Waals surface area contributed by atoms with E-state index in [9.17, 15) is 10.1 Å². The van der Waals surface area contributed by atoms with Crippen molar-refractivity contribution in [3.63, 3.8) is 0 Å². The molecule has 0 bridgehead atoms. The Kier molecular flexibility index (Phi) is 5.22. The van der Waals surface area contributed by atoms with Gasteiger partial charge < -0.3 is 9.64 Å². The van der Waals surface area contributed by atoms with Crippen molar-refractivity contribution in [3.8, 4) is 0 Å². The highest BCUT2D eigenvalue weighted by Crippen LogP contribution is 2.40. The Morgan fingerprint density at radius 2 is 2.03 bits per heavy atom. The van der Waals surface area contributed by atoms with Crippen molar-refractivity contribution in [2.75, 3.05) is 37.0 Å². The number of thiol groups is 1. The van der Waals surface area contributed by atoms with Crippen LogP contribution in [-0.2, 0) is 23.3 Å². The predicted octanol–water partition coefficient (Wildman–Crippen LogP) is 3.07. The summed E-state index contributed by atoms with van der Waals surface area (Å²) in [5, 5.41) is 14.4. The van der Waals surface area contributed by atoms with Crippen LogP contribution in [0.5, 0.6) is 0 Å². The molecule has 0 radical (unpaired) electrons. The van der Waals surface area contributed by atoms with Crippen LogP contribution in [0.1, 0.15) is 22.5 Å². The number of aromatic amines is 1. The average Bonchev–Trinajstić information content (AvgIpc) is 2.77. The molecule has 0 amide bonds. The average molecular weight is 428 g/mol. The van der Waals surface area contributed by atoms with Crippen LogP contribution in [0.15, 0.2) is 42.7 Å². The van der Waals surface area contributed by atoms with Gasteiger partial charge in [0.1, 0.15) is 6.20 Å². The zero-order chi connectivity index (χ0) is 20.5. The molecule has 2 aromatic heterocycles. The lowest BCUT2D eigenvalue weighted by Crippen LogP contribution is -2.36. The summed E-state index contributed by atoms with van der Waals surface area (Å²) in [6.07, 6.45) is 5.20. The number of hydrogen-bond acceptors (Lipinski definition) is 5. The molecule has 2 aliphatic rings. The normalized spacial score (nSPS) is 20.1. The van der Waals surface area contributed by atoms with Crippen LogP contribution in [0.2, 0.25) is 0 Å². The second-order valence-corrected chi connectivity index (χ2v) is 9.89. The molecule has 3 aromatic rings. The van der Waals surface area contributed by atoms with Gasteiger partial charge in [0.05, 0.1) is 23.8 Å². The van der Waals surface area contributed by atoms with E-state index in [0.29, 0.717) is 0 Å². The fourth-order valence-electron chi connectivity index (χ4n) is 4.13. The number of nitrogens with zero attached hydrogens (tertiary/aromatic N) is 4. The molecule has 0 saturated carbocycles. The van der Waals surface area contributed by atoms with Gasteiger partial charge in [-0.1, -0.05) is 12.1 Å². The highest BCUT2D eigenvalue weighted by molar-refractivity contribution is 8.15. The summed E-state index contributed by atoms with van der Waals surface area (Å²) < 4.78 is 7.72. The van der Waals surface area contributed by atoms with E-state index in [1.807, 2.05) is 0 Å². The molecule has 1 fully saturated rings. The van der Waals surface area contributed by atoms with Crippen molar-refractivity contribution in [3.05, 3.63) is 75.4 Å². The summed E-state index contributed by atoms with van der Waals surface area (Å²) in [4.78, 5) is 17.4. The second-order valence-electron chi connectivity index (χ2n) is 7.71. The van der Waals surface area contributed by atoms with Crippen molar-refractivity contribution in [1.29, 1.82) is 0 Å². The Balaban J connectivity index is 1.27. The molecular formula is C21H25N5O3S. The Morgan fingerprint density at radius 1 is 1.23 bits per heavy atom. The lowest BCUT2D eigenvalue weighted by molar-refractivity contribution is -0.385. The molecule has 1 aromatic carbocycles. The van der Waals surface area contributed by atoms with Gasteiger partial charge in [0, 0.05) is 48.9 Å². The number of anilines is 1. The Hall–Kier alpha value is -2.78. The molecule has 8 nitrogen and oxygen atoms in total. The van der Waals surface area contributed by atoms with E-state index in [0.717, 1.165) is 61.9 Å². The lowest BCUT2D eigenvalue weighted by Gasteiger charge is -2.33. The van der Waals surface area contributed by atoms with Gasteiger partial charge in [0.15, 0.2) is 0 Å². The number of morpholine rings is 1. The summed E-state index contributed by atoms with van der Waals surface area (Å²) in [7, 11) is 0. The number of fused-ring (bicyclic) bond motifs is 1. The molecule has 0 spiro atoms. The van der Waals surface area contributed by atoms with Crippen molar-refractivity contribution in [2.24, 2.45) is 0 Å². The van der Waals surface area contributed by atoms with E-state index in [1.165, 1.54) is 23.1 Å². The van der Waals surface area contributed by atoms with E-state index in [1.54, 1.807) is 6.07 Å². The summed E-state index contributed by atoms with van der Waals surface area (Å²) in [6.45, 7) is 3.48. The maximum absolute atomic E-state index is 11.1. The molecule has 30 heavy (non-hydrogen) atoms. The zero-order valence-corrected chi connectivity index (χ0v) is 17.6. The molecule has 1 saturated heterocycles. The molecule has 1 unspecified atom stereocenters. The minimum atomic E-state index is -0.447. The first-order valence-electron chi connectivity index (χ1n) is 10.2. The molecule has 9 heteroatoms. The van der Waals surface area contributed by atoms with Crippen molar-refractivity contribution >= 4 is 22.5 Å². The third-order valence-electron chi connectivity index (χ3n) is 5.82. The quantitative estimate of drug-likeness (QED) is 0.371. The fourth-order valence-corrected chi connectivity index (χ4v) is 6.48. The third kappa shape index (κ3) is 3.82. The molecule has 0 aliphatic carbocycles. The molecule has 5 rings (SSSR count). The van der Waals surface area contributed by atoms with E-state index < -0.39 is 11.1 Å². The van der Waals surface area contributed by atoms with Crippen LogP contribution in [0, 0.1) is 10.1 Å². The van der Waals surface area contributed by atoms with E-state index >= 15 is 0 Å². The van der Waals surface area contributed by atoms with E-state index in [4.69, 9.17) is 4.74 Å². The molecule has 4 heterocycles. The van der Waals surface area contributed by atoms with Crippen molar-refractivity contribution in [2.45, 2.75) is 18.6 Å². The van der Waals surface area contributed by atoms with Gasteiger partial charge in [0.25, 0.3) is 5.69 Å². The summed E-state index contributed by atoms with van der Waals surface area (Å²) in [5.41, 5.74) is 5.92. The minimum absolute atomic E-state index is 0.0818. The molecular weight excluding hydrogens is 402 g/mol. The number of nitrogens with one attached hydrogen (secondary N) is 1. The standard InChI is InChI=1S/C21H25N5O3S/c27-26(28)20-12-17-15-30(10-5-21(17)22-13-20)25-19(14-23-25)11-16-1-3-18(4-2-16)24-6-8-29-9-7-24/h1-4,12-14,23,30H,5-11,15H2. The van der Waals surface area contributed by atoms with Gasteiger partial charge in [-0.05, 0) is 35.4 Å². The monoisotopic (exact) mass is 427 g/mol.